The molecule has 1 N–H and O–H groups in total. The summed E-state index contributed by atoms with van der Waals surface area (Å²) in [5, 5.41) is 2.76. The van der Waals surface area contributed by atoms with Crippen LogP contribution in [0.3, 0.4) is 0 Å². The molecule has 39 heavy (non-hydrogen) atoms. The second kappa shape index (κ2) is 10.7. The van der Waals surface area contributed by atoms with Crippen molar-refractivity contribution in [3.05, 3.63) is 83.4 Å². The molecule has 0 spiro atoms. The minimum absolute atomic E-state index is 0.0387. The molecular formula is C26H28N4O7S2. The number of carbonyl (C=O) groups is 2. The molecule has 206 valence electrons. The van der Waals surface area contributed by atoms with Crippen LogP contribution in [0.15, 0.2) is 76.5 Å². The van der Waals surface area contributed by atoms with Gasteiger partial charge in [0.05, 0.1) is 24.2 Å². The van der Waals surface area contributed by atoms with Crippen molar-refractivity contribution in [1.82, 2.24) is 13.9 Å². The molecule has 13 heteroatoms. The van der Waals surface area contributed by atoms with Crippen molar-refractivity contribution in [2.45, 2.75) is 22.9 Å². The molecule has 3 aromatic carbocycles. The highest BCUT2D eigenvalue weighted by molar-refractivity contribution is 7.90. The minimum atomic E-state index is -4.32. The number of amides is 3. The summed E-state index contributed by atoms with van der Waals surface area (Å²) in [6, 6.07) is 16.1. The van der Waals surface area contributed by atoms with Gasteiger partial charge in [-0.15, -0.1) is 0 Å². The van der Waals surface area contributed by atoms with Gasteiger partial charge < -0.3 is 10.1 Å². The predicted molar refractivity (Wildman–Crippen MR) is 144 cm³/mol. The number of rotatable bonds is 8. The summed E-state index contributed by atoms with van der Waals surface area (Å²) in [5.74, 6) is 0.204. The Morgan fingerprint density at radius 1 is 0.974 bits per heavy atom. The summed E-state index contributed by atoms with van der Waals surface area (Å²) in [6.07, 6.45) is 0. The largest absolute Gasteiger partial charge is 0.497 e. The zero-order chi connectivity index (χ0) is 28.5. The first-order chi connectivity index (χ1) is 18.4. The van der Waals surface area contributed by atoms with E-state index >= 15 is 0 Å². The number of benzene rings is 3. The van der Waals surface area contributed by atoms with Crippen molar-refractivity contribution >= 4 is 37.7 Å². The van der Waals surface area contributed by atoms with E-state index < -0.39 is 32.0 Å². The van der Waals surface area contributed by atoms with Gasteiger partial charge in [0.25, 0.3) is 15.9 Å². The maximum Gasteiger partial charge on any atom is 0.338 e. The number of nitrogens with one attached hydrogen (secondary N) is 1. The second-order valence-corrected chi connectivity index (χ2v) is 13.0. The number of sulfonamides is 2. The Kier molecular flexibility index (Phi) is 7.68. The molecule has 1 aliphatic heterocycles. The van der Waals surface area contributed by atoms with E-state index in [4.69, 9.17) is 4.74 Å². The third-order valence-corrected chi connectivity index (χ3v) is 9.87. The summed E-state index contributed by atoms with van der Waals surface area (Å²) in [4.78, 5) is 26.9. The van der Waals surface area contributed by atoms with Crippen LogP contribution in [-0.4, -0.2) is 65.6 Å². The van der Waals surface area contributed by atoms with Crippen molar-refractivity contribution < 1.29 is 31.2 Å². The van der Waals surface area contributed by atoms with Crippen LogP contribution in [-0.2, 0) is 33.1 Å². The lowest BCUT2D eigenvalue weighted by atomic mass is 10.1. The molecule has 0 saturated carbocycles. The van der Waals surface area contributed by atoms with Gasteiger partial charge in [0, 0.05) is 33.3 Å². The van der Waals surface area contributed by atoms with Gasteiger partial charge in [0.1, 0.15) is 10.6 Å². The molecule has 0 bridgehead atoms. The third-order valence-electron chi connectivity index (χ3n) is 6.29. The molecule has 0 aliphatic carbocycles. The molecule has 0 atom stereocenters. The number of nitrogens with zero attached hydrogens (tertiary/aromatic N) is 3. The summed E-state index contributed by atoms with van der Waals surface area (Å²) in [6.45, 7) is -0.0994. The molecule has 0 aromatic heterocycles. The number of hydrogen-bond acceptors (Lipinski definition) is 7. The lowest BCUT2D eigenvalue weighted by Crippen LogP contribution is -2.48. The van der Waals surface area contributed by atoms with Crippen LogP contribution in [0.4, 0.5) is 10.5 Å². The molecule has 4 rings (SSSR count). The fraction of sp³-hybridized carbons (Fsp3) is 0.231. The van der Waals surface area contributed by atoms with E-state index in [1.165, 1.54) is 68.5 Å². The van der Waals surface area contributed by atoms with Crippen LogP contribution < -0.4 is 15.0 Å². The molecule has 1 aliphatic rings. The predicted octanol–water partition coefficient (Wildman–Crippen LogP) is 2.64. The monoisotopic (exact) mass is 572 g/mol. The first-order valence-corrected chi connectivity index (χ1v) is 14.6. The Balaban J connectivity index is 1.57. The van der Waals surface area contributed by atoms with Gasteiger partial charge in [-0.25, -0.2) is 30.2 Å². The van der Waals surface area contributed by atoms with E-state index in [0.29, 0.717) is 15.6 Å². The van der Waals surface area contributed by atoms with Gasteiger partial charge in [-0.1, -0.05) is 24.3 Å². The standard InChI is InChI=1S/C26H28N4O7S2/c1-28(2)38(33,34)22-12-7-19(8-13-22)17-30-26(32)29(3)23-14-9-20(15-24(23)39(30,35)36)25(31)27-16-18-5-10-21(37-4)11-6-18/h5-15H,16-17H2,1-4H3,(H,27,31). The van der Waals surface area contributed by atoms with E-state index in [1.807, 2.05) is 0 Å². The normalized spacial score (nSPS) is 14.7. The number of methoxy groups -OCH3 is 1. The van der Waals surface area contributed by atoms with Crippen LogP contribution in [0.25, 0.3) is 0 Å². The lowest BCUT2D eigenvalue weighted by Gasteiger charge is -2.34. The van der Waals surface area contributed by atoms with Crippen molar-refractivity contribution in [1.29, 1.82) is 0 Å². The highest BCUT2D eigenvalue weighted by Crippen LogP contribution is 2.35. The van der Waals surface area contributed by atoms with Crippen molar-refractivity contribution in [2.24, 2.45) is 0 Å². The number of ether oxygens (including phenoxy) is 1. The van der Waals surface area contributed by atoms with Crippen LogP contribution in [0.1, 0.15) is 21.5 Å². The number of anilines is 1. The minimum Gasteiger partial charge on any atom is -0.497 e. The fourth-order valence-corrected chi connectivity index (χ4v) is 6.49. The molecular weight excluding hydrogens is 544 g/mol. The van der Waals surface area contributed by atoms with E-state index in [2.05, 4.69) is 5.32 Å². The highest BCUT2D eigenvalue weighted by Gasteiger charge is 2.40. The van der Waals surface area contributed by atoms with Crippen molar-refractivity contribution in [2.75, 3.05) is 33.2 Å². The van der Waals surface area contributed by atoms with Gasteiger partial charge in [0.15, 0.2) is 0 Å². The molecule has 0 unspecified atom stereocenters. The van der Waals surface area contributed by atoms with Crippen LogP contribution in [0, 0.1) is 0 Å². The highest BCUT2D eigenvalue weighted by atomic mass is 32.2. The average molecular weight is 573 g/mol. The Labute approximate surface area is 227 Å². The van der Waals surface area contributed by atoms with Crippen LogP contribution in [0.5, 0.6) is 5.75 Å². The third kappa shape index (κ3) is 5.46. The Morgan fingerprint density at radius 3 is 2.18 bits per heavy atom. The lowest BCUT2D eigenvalue weighted by molar-refractivity contribution is 0.0950. The van der Waals surface area contributed by atoms with Crippen molar-refractivity contribution in [3.63, 3.8) is 0 Å². The number of hydrogen-bond donors (Lipinski definition) is 1. The number of fused-ring (bicyclic) bond motifs is 1. The van der Waals surface area contributed by atoms with E-state index in [9.17, 15) is 26.4 Å². The second-order valence-electron chi connectivity index (χ2n) is 9.00. The van der Waals surface area contributed by atoms with Crippen molar-refractivity contribution in [3.8, 4) is 5.75 Å². The molecule has 3 aromatic rings. The number of carbonyl (C=O) groups excluding carboxylic acids is 2. The smallest absolute Gasteiger partial charge is 0.338 e. The first-order valence-electron chi connectivity index (χ1n) is 11.7. The van der Waals surface area contributed by atoms with Gasteiger partial charge >= 0.3 is 6.03 Å². The summed E-state index contributed by atoms with van der Waals surface area (Å²) in [7, 11) is -2.18. The Hall–Kier alpha value is -3.94. The Bertz CT molecular complexity index is 1620. The zero-order valence-electron chi connectivity index (χ0n) is 21.8. The molecule has 0 saturated heterocycles. The Morgan fingerprint density at radius 2 is 1.59 bits per heavy atom. The average Bonchev–Trinajstić information content (AvgIpc) is 2.93. The van der Waals surface area contributed by atoms with Crippen LogP contribution in [0.2, 0.25) is 0 Å². The summed E-state index contributed by atoms with van der Waals surface area (Å²) in [5.41, 5.74) is 1.51. The van der Waals surface area contributed by atoms with E-state index in [-0.39, 0.29) is 34.1 Å². The topological polar surface area (TPSA) is 133 Å². The van der Waals surface area contributed by atoms with E-state index in [1.54, 1.807) is 31.4 Å². The van der Waals surface area contributed by atoms with E-state index in [0.717, 1.165) is 9.87 Å². The maximum absolute atomic E-state index is 13.5. The zero-order valence-corrected chi connectivity index (χ0v) is 23.4. The molecule has 11 nitrogen and oxygen atoms in total. The molecule has 3 amide bonds. The quantitative estimate of drug-likeness (QED) is 0.439. The van der Waals surface area contributed by atoms with Gasteiger partial charge in [-0.3, -0.25) is 9.69 Å². The van der Waals surface area contributed by atoms with Gasteiger partial charge in [-0.2, -0.15) is 0 Å². The van der Waals surface area contributed by atoms with Crippen LogP contribution >= 0.6 is 0 Å². The first kappa shape index (κ1) is 28.1. The van der Waals surface area contributed by atoms with Gasteiger partial charge in [0.2, 0.25) is 10.0 Å². The summed E-state index contributed by atoms with van der Waals surface area (Å²) < 4.78 is 58.6. The van der Waals surface area contributed by atoms with Gasteiger partial charge in [-0.05, 0) is 53.6 Å². The SMILES string of the molecule is COc1ccc(CNC(=O)c2ccc3c(c2)S(=O)(=O)N(Cc2ccc(S(=O)(=O)N(C)C)cc2)C(=O)N3C)cc1. The molecule has 1 heterocycles. The fourth-order valence-electron chi connectivity index (χ4n) is 3.95. The summed E-state index contributed by atoms with van der Waals surface area (Å²) >= 11 is 0. The molecule has 0 radical (unpaired) electrons. The molecule has 0 fully saturated rings. The number of urea groups is 1. The maximum atomic E-state index is 13.5.